The average molecular weight is 310 g/mol. The number of fused-ring (bicyclic) bond motifs is 1. The van der Waals surface area contributed by atoms with Gasteiger partial charge in [0.1, 0.15) is 12.4 Å². The fourth-order valence-corrected chi connectivity index (χ4v) is 2.64. The highest BCUT2D eigenvalue weighted by Gasteiger charge is 2.17. The number of aromatic nitrogens is 1. The van der Waals surface area contributed by atoms with E-state index >= 15 is 0 Å². The third-order valence-electron chi connectivity index (χ3n) is 3.86. The molecule has 1 aliphatic heterocycles. The smallest absolute Gasteiger partial charge is 0.138 e. The Hall–Kier alpha value is -2.29. The van der Waals surface area contributed by atoms with E-state index < -0.39 is 0 Å². The van der Waals surface area contributed by atoms with Crippen molar-refractivity contribution in [2.75, 3.05) is 13.2 Å². The molecule has 0 amide bonds. The van der Waals surface area contributed by atoms with E-state index in [0.717, 1.165) is 31.0 Å². The highest BCUT2D eigenvalue weighted by Crippen LogP contribution is 2.22. The van der Waals surface area contributed by atoms with E-state index in [2.05, 4.69) is 41.6 Å². The fourth-order valence-electron chi connectivity index (χ4n) is 2.64. The van der Waals surface area contributed by atoms with Crippen molar-refractivity contribution in [3.8, 4) is 5.75 Å². The Labute approximate surface area is 139 Å². The summed E-state index contributed by atoms with van der Waals surface area (Å²) in [6, 6.07) is 10.5. The Morgan fingerprint density at radius 1 is 1.26 bits per heavy atom. The number of hydrogen-bond donors (Lipinski definition) is 0. The lowest BCUT2D eigenvalue weighted by molar-refractivity contribution is 0.254. The summed E-state index contributed by atoms with van der Waals surface area (Å²) in [6.07, 6.45) is 4.54. The Kier molecular flexibility index (Phi) is 6.21. The number of ether oxygens (including phenoxy) is 1. The van der Waals surface area contributed by atoms with Gasteiger partial charge in [-0.25, -0.2) is 0 Å². The maximum atomic E-state index is 5.72. The molecule has 1 aliphatic rings. The second-order valence-electron chi connectivity index (χ2n) is 5.49. The van der Waals surface area contributed by atoms with E-state index in [0.29, 0.717) is 6.61 Å². The van der Waals surface area contributed by atoms with Gasteiger partial charge in [-0.2, -0.15) is 0 Å². The fraction of sp³-hybridized carbons (Fsp3) is 0.350. The molecule has 0 fully saturated rings. The zero-order valence-corrected chi connectivity index (χ0v) is 14.4. The molecule has 0 unspecified atom stereocenters. The highest BCUT2D eigenvalue weighted by molar-refractivity contribution is 5.34. The van der Waals surface area contributed by atoms with Crippen molar-refractivity contribution in [3.05, 3.63) is 71.7 Å². The normalized spacial score (nSPS) is 12.7. The summed E-state index contributed by atoms with van der Waals surface area (Å²) in [7, 11) is 0. The molecule has 3 heteroatoms. The Balaban J connectivity index is 0.000000924. The van der Waals surface area contributed by atoms with Gasteiger partial charge in [-0.3, -0.25) is 4.98 Å². The number of aryl methyl sites for hydroxylation is 1. The first-order chi connectivity index (χ1) is 11.2. The van der Waals surface area contributed by atoms with Crippen LogP contribution in [0.3, 0.4) is 0 Å². The van der Waals surface area contributed by atoms with Gasteiger partial charge in [0, 0.05) is 25.0 Å². The van der Waals surface area contributed by atoms with Crippen molar-refractivity contribution < 1.29 is 4.74 Å². The minimum Gasteiger partial charge on any atom is -0.486 e. The molecule has 1 aromatic heterocycles. The van der Waals surface area contributed by atoms with Crippen LogP contribution >= 0.6 is 0 Å². The maximum absolute atomic E-state index is 5.72. The number of benzene rings is 1. The van der Waals surface area contributed by atoms with Crippen LogP contribution < -0.4 is 4.74 Å². The third kappa shape index (κ3) is 4.59. The zero-order chi connectivity index (χ0) is 16.7. The van der Waals surface area contributed by atoms with Crippen molar-refractivity contribution in [1.29, 1.82) is 0 Å². The summed E-state index contributed by atoms with van der Waals surface area (Å²) < 4.78 is 5.72. The summed E-state index contributed by atoms with van der Waals surface area (Å²) in [6.45, 7) is 12.7. The van der Waals surface area contributed by atoms with Gasteiger partial charge in [-0.05, 0) is 36.6 Å². The maximum Gasteiger partial charge on any atom is 0.138 e. The molecule has 0 radical (unpaired) electrons. The molecule has 3 nitrogen and oxygen atoms in total. The molecule has 3 rings (SSSR count). The first kappa shape index (κ1) is 17.1. The topological polar surface area (TPSA) is 25.4 Å². The van der Waals surface area contributed by atoms with Crippen LogP contribution in [-0.2, 0) is 13.0 Å². The second-order valence-corrected chi connectivity index (χ2v) is 5.49. The van der Waals surface area contributed by atoms with Gasteiger partial charge in [0.05, 0.1) is 6.20 Å². The van der Waals surface area contributed by atoms with Crippen molar-refractivity contribution in [1.82, 2.24) is 9.88 Å². The quantitative estimate of drug-likeness (QED) is 0.838. The average Bonchev–Trinajstić information content (AvgIpc) is 2.62. The molecule has 2 heterocycles. The summed E-state index contributed by atoms with van der Waals surface area (Å²) in [4.78, 5) is 6.34. The van der Waals surface area contributed by atoms with Crippen LogP contribution in [-0.4, -0.2) is 23.0 Å². The lowest BCUT2D eigenvalue weighted by Gasteiger charge is -2.32. The molecule has 23 heavy (non-hydrogen) atoms. The predicted octanol–water partition coefficient (Wildman–Crippen LogP) is 4.37. The van der Waals surface area contributed by atoms with Crippen LogP contribution in [0.5, 0.6) is 5.75 Å². The molecule has 1 aromatic carbocycles. The molecule has 122 valence electrons. The molecule has 0 saturated heterocycles. The van der Waals surface area contributed by atoms with Crippen LogP contribution in [0.1, 0.15) is 30.5 Å². The van der Waals surface area contributed by atoms with Gasteiger partial charge >= 0.3 is 0 Å². The van der Waals surface area contributed by atoms with Gasteiger partial charge in [0.25, 0.3) is 0 Å². The van der Waals surface area contributed by atoms with Crippen molar-refractivity contribution in [2.45, 2.75) is 33.7 Å². The van der Waals surface area contributed by atoms with Crippen molar-refractivity contribution in [3.63, 3.8) is 0 Å². The van der Waals surface area contributed by atoms with E-state index in [1.807, 2.05) is 26.0 Å². The standard InChI is InChI=1S/C18H20N2O.C2H6/c1-14-5-6-17-12-20(9-7-16(17)10-14)15(2)13-21-18-4-3-8-19-11-18;1-2/h3-6,8,10-11H,2,7,9,12-13H2,1H3;1-2H3. The molecule has 0 aliphatic carbocycles. The van der Waals surface area contributed by atoms with Crippen LogP contribution in [0.4, 0.5) is 0 Å². The first-order valence-electron chi connectivity index (χ1n) is 8.26. The zero-order valence-electron chi connectivity index (χ0n) is 14.4. The molecule has 0 atom stereocenters. The van der Waals surface area contributed by atoms with E-state index in [4.69, 9.17) is 4.74 Å². The Morgan fingerprint density at radius 3 is 2.83 bits per heavy atom. The second kappa shape index (κ2) is 8.37. The van der Waals surface area contributed by atoms with Crippen LogP contribution in [0.25, 0.3) is 0 Å². The van der Waals surface area contributed by atoms with E-state index in [-0.39, 0.29) is 0 Å². The van der Waals surface area contributed by atoms with Crippen LogP contribution in [0.15, 0.2) is 55.0 Å². The van der Waals surface area contributed by atoms with Crippen molar-refractivity contribution in [2.24, 2.45) is 0 Å². The lowest BCUT2D eigenvalue weighted by atomic mass is 9.97. The summed E-state index contributed by atoms with van der Waals surface area (Å²) in [5.74, 6) is 0.784. The number of nitrogens with zero attached hydrogens (tertiary/aromatic N) is 2. The van der Waals surface area contributed by atoms with Gasteiger partial charge < -0.3 is 9.64 Å². The van der Waals surface area contributed by atoms with E-state index in [1.54, 1.807) is 12.4 Å². The summed E-state index contributed by atoms with van der Waals surface area (Å²) in [5, 5.41) is 0. The van der Waals surface area contributed by atoms with E-state index in [9.17, 15) is 0 Å². The molecule has 2 aromatic rings. The highest BCUT2D eigenvalue weighted by atomic mass is 16.5. The summed E-state index contributed by atoms with van der Waals surface area (Å²) >= 11 is 0. The van der Waals surface area contributed by atoms with E-state index in [1.165, 1.54) is 16.7 Å². The van der Waals surface area contributed by atoms with Gasteiger partial charge in [-0.1, -0.05) is 44.2 Å². The Bertz CT molecular complexity index is 637. The lowest BCUT2D eigenvalue weighted by Crippen LogP contribution is -2.31. The number of pyridine rings is 1. The number of hydrogen-bond acceptors (Lipinski definition) is 3. The SMILES string of the molecule is C=C(COc1cccnc1)N1CCc2cc(C)ccc2C1.CC. The molecular formula is C20H26N2O. The van der Waals surface area contributed by atoms with Crippen LogP contribution in [0.2, 0.25) is 0 Å². The van der Waals surface area contributed by atoms with Gasteiger partial charge in [-0.15, -0.1) is 0 Å². The first-order valence-corrected chi connectivity index (χ1v) is 8.26. The van der Waals surface area contributed by atoms with Crippen LogP contribution in [0, 0.1) is 6.92 Å². The van der Waals surface area contributed by atoms with Crippen molar-refractivity contribution >= 4 is 0 Å². The third-order valence-corrected chi connectivity index (χ3v) is 3.86. The molecule has 0 spiro atoms. The molecule has 0 saturated carbocycles. The molecule has 0 bridgehead atoms. The summed E-state index contributed by atoms with van der Waals surface area (Å²) in [5.41, 5.74) is 5.22. The monoisotopic (exact) mass is 310 g/mol. The largest absolute Gasteiger partial charge is 0.486 e. The Morgan fingerprint density at radius 2 is 2.09 bits per heavy atom. The minimum atomic E-state index is 0.507. The number of rotatable bonds is 4. The molecular weight excluding hydrogens is 284 g/mol. The van der Waals surface area contributed by atoms with Gasteiger partial charge in [0.15, 0.2) is 0 Å². The minimum absolute atomic E-state index is 0.507. The predicted molar refractivity (Wildman–Crippen MR) is 95.5 cm³/mol. The van der Waals surface area contributed by atoms with Gasteiger partial charge in [0.2, 0.25) is 0 Å². The molecule has 0 N–H and O–H groups in total.